The maximum absolute atomic E-state index is 13.1. The monoisotopic (exact) mass is 461 g/mol. The predicted molar refractivity (Wildman–Crippen MR) is 128 cm³/mol. The first-order chi connectivity index (χ1) is 16.5. The van der Waals surface area contributed by atoms with E-state index in [1.165, 1.54) is 13.3 Å². The van der Waals surface area contributed by atoms with Gasteiger partial charge >= 0.3 is 6.03 Å². The van der Waals surface area contributed by atoms with Crippen LogP contribution in [0.1, 0.15) is 28.2 Å². The van der Waals surface area contributed by atoms with E-state index in [0.717, 1.165) is 24.4 Å². The zero-order valence-electron chi connectivity index (χ0n) is 19.1. The van der Waals surface area contributed by atoms with Gasteiger partial charge in [0.25, 0.3) is 5.91 Å². The van der Waals surface area contributed by atoms with Crippen molar-refractivity contribution in [1.82, 2.24) is 25.6 Å². The number of nitrogens with one attached hydrogen (secondary N) is 4. The first-order valence-electron chi connectivity index (χ1n) is 10.9. The number of hydrogen-bond donors (Lipinski definition) is 4. The summed E-state index contributed by atoms with van der Waals surface area (Å²) in [6.45, 7) is 3.29. The lowest BCUT2D eigenvalue weighted by Gasteiger charge is -2.29. The topological polar surface area (TPSA) is 130 Å². The summed E-state index contributed by atoms with van der Waals surface area (Å²) in [6, 6.07) is 10.2. The van der Waals surface area contributed by atoms with Crippen molar-refractivity contribution in [2.24, 2.45) is 0 Å². The molecule has 1 aliphatic rings. The number of aromatic nitrogens is 3. The predicted octanol–water partition coefficient (Wildman–Crippen LogP) is 2.54. The lowest BCUT2D eigenvalue weighted by Crippen LogP contribution is -2.51. The summed E-state index contributed by atoms with van der Waals surface area (Å²) >= 11 is 0. The van der Waals surface area contributed by atoms with Crippen LogP contribution in [0.3, 0.4) is 0 Å². The van der Waals surface area contributed by atoms with Crippen LogP contribution in [-0.2, 0) is 6.42 Å². The maximum atomic E-state index is 13.1. The molecule has 3 aromatic rings. The van der Waals surface area contributed by atoms with E-state index in [4.69, 9.17) is 4.74 Å². The van der Waals surface area contributed by atoms with Crippen LogP contribution in [0.15, 0.2) is 55.0 Å². The van der Waals surface area contributed by atoms with Gasteiger partial charge in [0.05, 0.1) is 36.4 Å². The number of rotatable bonds is 7. The fourth-order valence-corrected chi connectivity index (χ4v) is 3.87. The molecule has 4 N–H and O–H groups in total. The number of urea groups is 1. The van der Waals surface area contributed by atoms with Crippen molar-refractivity contribution in [3.8, 4) is 5.75 Å². The molecule has 34 heavy (non-hydrogen) atoms. The number of amides is 3. The van der Waals surface area contributed by atoms with Gasteiger partial charge < -0.3 is 20.7 Å². The molecule has 176 valence electrons. The van der Waals surface area contributed by atoms with Crippen LogP contribution in [-0.4, -0.2) is 52.6 Å². The van der Waals surface area contributed by atoms with Gasteiger partial charge in [-0.05, 0) is 50.2 Å². The number of carbonyl (C=O) groups is 2. The number of anilines is 2. The maximum Gasteiger partial charge on any atom is 0.324 e. The van der Waals surface area contributed by atoms with Crippen LogP contribution in [0.25, 0.3) is 0 Å². The van der Waals surface area contributed by atoms with Crippen molar-refractivity contribution in [3.63, 3.8) is 0 Å². The molecule has 0 bridgehead atoms. The second kappa shape index (κ2) is 10.3. The standard InChI is InChI=1S/C24H27N7O3/c1-16-13-28-21(14-27-16)30-23(33)29-19-7-6-17(11-20(19)34-2)22(32)31-24(8-10-25-15-24)12-18-5-3-4-9-26-18/h3-7,9,11,13-14,25H,8,10,12,15H2,1-2H3,(H,31,32)(H2,28,29,30,33). The Balaban J connectivity index is 1.45. The van der Waals surface area contributed by atoms with Gasteiger partial charge in [0, 0.05) is 30.4 Å². The van der Waals surface area contributed by atoms with Crippen LogP contribution in [0.4, 0.5) is 16.3 Å². The van der Waals surface area contributed by atoms with E-state index >= 15 is 0 Å². The molecule has 1 fully saturated rings. The van der Waals surface area contributed by atoms with Gasteiger partial charge in [-0.15, -0.1) is 0 Å². The smallest absolute Gasteiger partial charge is 0.324 e. The van der Waals surface area contributed by atoms with Gasteiger partial charge in [0.15, 0.2) is 5.82 Å². The molecule has 3 amide bonds. The van der Waals surface area contributed by atoms with Gasteiger partial charge in [0.2, 0.25) is 0 Å². The van der Waals surface area contributed by atoms with Crippen LogP contribution in [0, 0.1) is 6.92 Å². The number of carbonyl (C=O) groups excluding carboxylic acids is 2. The number of hydrogen-bond acceptors (Lipinski definition) is 7. The number of aryl methyl sites for hydroxylation is 1. The average molecular weight is 462 g/mol. The molecule has 2 aromatic heterocycles. The Kier molecular flexibility index (Phi) is 6.98. The number of ether oxygens (including phenoxy) is 1. The molecule has 10 heteroatoms. The molecule has 1 saturated heterocycles. The number of benzene rings is 1. The summed E-state index contributed by atoms with van der Waals surface area (Å²) in [5.41, 5.74) is 2.09. The quantitative estimate of drug-likeness (QED) is 0.425. The van der Waals surface area contributed by atoms with Crippen LogP contribution >= 0.6 is 0 Å². The minimum absolute atomic E-state index is 0.219. The van der Waals surface area contributed by atoms with Crippen molar-refractivity contribution < 1.29 is 14.3 Å². The van der Waals surface area contributed by atoms with E-state index in [1.54, 1.807) is 30.6 Å². The van der Waals surface area contributed by atoms with E-state index in [0.29, 0.717) is 35.8 Å². The highest BCUT2D eigenvalue weighted by Crippen LogP contribution is 2.27. The van der Waals surface area contributed by atoms with Crippen LogP contribution < -0.4 is 26.0 Å². The van der Waals surface area contributed by atoms with E-state index in [2.05, 4.69) is 36.2 Å². The van der Waals surface area contributed by atoms with E-state index in [9.17, 15) is 9.59 Å². The molecule has 0 radical (unpaired) electrons. The Bertz CT molecular complexity index is 1150. The molecular weight excluding hydrogens is 434 g/mol. The molecule has 0 saturated carbocycles. The average Bonchev–Trinajstić information content (AvgIpc) is 3.29. The second-order valence-electron chi connectivity index (χ2n) is 8.20. The largest absolute Gasteiger partial charge is 0.495 e. The Hall–Kier alpha value is -4.05. The van der Waals surface area contributed by atoms with Gasteiger partial charge in [0.1, 0.15) is 5.75 Å². The summed E-state index contributed by atoms with van der Waals surface area (Å²) in [5, 5.41) is 11.9. The van der Waals surface area contributed by atoms with E-state index < -0.39 is 11.6 Å². The summed E-state index contributed by atoms with van der Waals surface area (Å²) < 4.78 is 5.42. The van der Waals surface area contributed by atoms with Crippen molar-refractivity contribution in [2.75, 3.05) is 30.8 Å². The van der Waals surface area contributed by atoms with E-state index in [-0.39, 0.29) is 5.91 Å². The second-order valence-corrected chi connectivity index (χ2v) is 8.20. The molecule has 0 spiro atoms. The Labute approximate surface area is 197 Å². The highest BCUT2D eigenvalue weighted by atomic mass is 16.5. The normalized spacial score (nSPS) is 17.1. The molecule has 1 atom stereocenters. The van der Waals surface area contributed by atoms with Crippen LogP contribution in [0.2, 0.25) is 0 Å². The summed E-state index contributed by atoms with van der Waals surface area (Å²) in [5.74, 6) is 0.464. The van der Waals surface area contributed by atoms with Crippen molar-refractivity contribution in [3.05, 3.63) is 71.9 Å². The summed E-state index contributed by atoms with van der Waals surface area (Å²) in [7, 11) is 1.48. The molecular formula is C24H27N7O3. The van der Waals surface area contributed by atoms with Crippen LogP contribution in [0.5, 0.6) is 5.75 Å². The summed E-state index contributed by atoms with van der Waals surface area (Å²) in [6.07, 6.45) is 6.22. The lowest BCUT2D eigenvalue weighted by atomic mass is 9.91. The molecule has 4 rings (SSSR count). The Morgan fingerprint density at radius 3 is 2.68 bits per heavy atom. The molecule has 1 unspecified atom stereocenters. The number of methoxy groups -OCH3 is 1. The van der Waals surface area contributed by atoms with Crippen molar-refractivity contribution in [1.29, 1.82) is 0 Å². The number of nitrogens with zero attached hydrogens (tertiary/aromatic N) is 3. The van der Waals surface area contributed by atoms with Gasteiger partial charge in [-0.1, -0.05) is 6.07 Å². The molecule has 3 heterocycles. The zero-order valence-corrected chi connectivity index (χ0v) is 19.1. The first kappa shape index (κ1) is 23.1. The van der Waals surface area contributed by atoms with Gasteiger partial charge in [-0.3, -0.25) is 20.1 Å². The third-order valence-electron chi connectivity index (χ3n) is 5.60. The molecule has 1 aromatic carbocycles. The lowest BCUT2D eigenvalue weighted by molar-refractivity contribution is 0.0904. The molecule has 10 nitrogen and oxygen atoms in total. The minimum Gasteiger partial charge on any atom is -0.495 e. The van der Waals surface area contributed by atoms with Gasteiger partial charge in [-0.2, -0.15) is 0 Å². The Morgan fingerprint density at radius 2 is 2.00 bits per heavy atom. The van der Waals surface area contributed by atoms with Crippen molar-refractivity contribution >= 4 is 23.4 Å². The van der Waals surface area contributed by atoms with Crippen molar-refractivity contribution in [2.45, 2.75) is 25.3 Å². The summed E-state index contributed by atoms with van der Waals surface area (Å²) in [4.78, 5) is 38.1. The Morgan fingerprint density at radius 1 is 1.12 bits per heavy atom. The highest BCUT2D eigenvalue weighted by molar-refractivity contribution is 6.01. The third kappa shape index (κ3) is 5.65. The van der Waals surface area contributed by atoms with E-state index in [1.807, 2.05) is 25.1 Å². The number of pyridine rings is 1. The first-order valence-corrected chi connectivity index (χ1v) is 10.9. The third-order valence-corrected chi connectivity index (χ3v) is 5.60. The fourth-order valence-electron chi connectivity index (χ4n) is 3.87. The van der Waals surface area contributed by atoms with Gasteiger partial charge in [-0.25, -0.2) is 9.78 Å². The zero-order chi connectivity index (χ0) is 24.0. The fraction of sp³-hybridized carbons (Fsp3) is 0.292. The molecule has 1 aliphatic heterocycles. The minimum atomic E-state index is -0.500. The SMILES string of the molecule is COc1cc(C(=O)NC2(Cc3ccccn3)CCNC2)ccc1NC(=O)Nc1cnc(C)cn1. The highest BCUT2D eigenvalue weighted by Gasteiger charge is 2.36. The molecule has 0 aliphatic carbocycles.